The van der Waals surface area contributed by atoms with Crippen LogP contribution in [-0.4, -0.2) is 48.8 Å². The van der Waals surface area contributed by atoms with E-state index in [-0.39, 0.29) is 6.10 Å². The molecule has 0 aromatic carbocycles. The third-order valence-corrected chi connectivity index (χ3v) is 3.47. The monoisotopic (exact) mass is 248 g/mol. The number of pyridine rings is 1. The van der Waals surface area contributed by atoms with Gasteiger partial charge in [0.1, 0.15) is 11.9 Å². The fraction of sp³-hybridized carbons (Fsp3) is 0.643. The van der Waals surface area contributed by atoms with Crippen LogP contribution >= 0.6 is 0 Å². The van der Waals surface area contributed by atoms with Crippen LogP contribution in [0.25, 0.3) is 0 Å². The Bertz CT molecular complexity index is 367. The van der Waals surface area contributed by atoms with E-state index in [9.17, 15) is 0 Å². The average Bonchev–Trinajstić information content (AvgIpc) is 3.20. The Kier molecular flexibility index (Phi) is 3.76. The lowest BCUT2D eigenvalue weighted by atomic mass is 10.3. The van der Waals surface area contributed by atoms with E-state index in [1.165, 1.54) is 19.4 Å². The van der Waals surface area contributed by atoms with Gasteiger partial charge in [-0.05, 0) is 30.9 Å². The molecule has 1 saturated carbocycles. The first-order valence-corrected chi connectivity index (χ1v) is 6.77. The van der Waals surface area contributed by atoms with E-state index in [1.54, 1.807) is 12.4 Å². The van der Waals surface area contributed by atoms with Crippen LogP contribution in [0.5, 0.6) is 5.75 Å². The van der Waals surface area contributed by atoms with Gasteiger partial charge in [0.25, 0.3) is 0 Å². The van der Waals surface area contributed by atoms with Crippen LogP contribution in [0.15, 0.2) is 24.5 Å². The van der Waals surface area contributed by atoms with Crippen molar-refractivity contribution in [2.75, 3.05) is 32.8 Å². The van der Waals surface area contributed by atoms with E-state index in [1.807, 2.05) is 12.1 Å². The molecule has 4 nitrogen and oxygen atoms in total. The molecule has 0 amide bonds. The molecule has 18 heavy (non-hydrogen) atoms. The van der Waals surface area contributed by atoms with Crippen molar-refractivity contribution in [3.05, 3.63) is 24.5 Å². The third-order valence-electron chi connectivity index (χ3n) is 3.47. The maximum atomic E-state index is 5.94. The maximum absolute atomic E-state index is 5.94. The first-order valence-electron chi connectivity index (χ1n) is 6.77. The molecule has 3 rings (SSSR count). The minimum Gasteiger partial charge on any atom is -0.485 e. The molecular formula is C14H20N2O2. The van der Waals surface area contributed by atoms with Crippen LogP contribution in [-0.2, 0) is 4.74 Å². The van der Waals surface area contributed by atoms with Crippen LogP contribution in [0.4, 0.5) is 0 Å². The summed E-state index contributed by atoms with van der Waals surface area (Å²) in [7, 11) is 0. The molecule has 0 radical (unpaired) electrons. The smallest absolute Gasteiger partial charge is 0.138 e. The first kappa shape index (κ1) is 11.9. The van der Waals surface area contributed by atoms with E-state index in [0.717, 1.165) is 31.4 Å². The number of aromatic nitrogens is 1. The summed E-state index contributed by atoms with van der Waals surface area (Å²) in [6, 6.07) is 3.85. The number of hydrogen-bond donors (Lipinski definition) is 0. The molecule has 0 unspecified atom stereocenters. The predicted octanol–water partition coefficient (Wildman–Crippen LogP) is 1.57. The summed E-state index contributed by atoms with van der Waals surface area (Å²) in [5.41, 5.74) is 0. The van der Waals surface area contributed by atoms with Gasteiger partial charge in [-0.15, -0.1) is 0 Å². The Morgan fingerprint density at radius 2 is 2.39 bits per heavy atom. The topological polar surface area (TPSA) is 34.6 Å². The van der Waals surface area contributed by atoms with Gasteiger partial charge in [-0.3, -0.25) is 9.88 Å². The zero-order valence-electron chi connectivity index (χ0n) is 10.6. The molecule has 0 bridgehead atoms. The van der Waals surface area contributed by atoms with Crippen molar-refractivity contribution in [3.8, 4) is 5.75 Å². The van der Waals surface area contributed by atoms with Crippen LogP contribution in [0.3, 0.4) is 0 Å². The summed E-state index contributed by atoms with van der Waals surface area (Å²) in [6.45, 7) is 4.70. The second kappa shape index (κ2) is 5.67. The highest BCUT2D eigenvalue weighted by atomic mass is 16.5. The van der Waals surface area contributed by atoms with Crippen molar-refractivity contribution < 1.29 is 9.47 Å². The zero-order chi connectivity index (χ0) is 12.2. The molecule has 1 saturated heterocycles. The van der Waals surface area contributed by atoms with Crippen molar-refractivity contribution in [1.82, 2.24) is 9.88 Å². The fourth-order valence-electron chi connectivity index (χ4n) is 2.35. The second-order valence-electron chi connectivity index (χ2n) is 5.21. The average molecular weight is 248 g/mol. The van der Waals surface area contributed by atoms with E-state index in [0.29, 0.717) is 6.61 Å². The Morgan fingerprint density at radius 3 is 3.17 bits per heavy atom. The van der Waals surface area contributed by atoms with Gasteiger partial charge in [-0.2, -0.15) is 0 Å². The molecule has 2 heterocycles. The van der Waals surface area contributed by atoms with Crippen LogP contribution < -0.4 is 4.74 Å². The highest BCUT2D eigenvalue weighted by Crippen LogP contribution is 2.30. The molecule has 1 atom stereocenters. The maximum Gasteiger partial charge on any atom is 0.138 e. The molecule has 98 valence electrons. The molecule has 1 aromatic heterocycles. The number of ether oxygens (including phenoxy) is 2. The van der Waals surface area contributed by atoms with Gasteiger partial charge >= 0.3 is 0 Å². The van der Waals surface area contributed by atoms with Gasteiger partial charge in [0.15, 0.2) is 0 Å². The Morgan fingerprint density at radius 1 is 1.44 bits per heavy atom. The molecule has 0 spiro atoms. The van der Waals surface area contributed by atoms with Crippen molar-refractivity contribution >= 4 is 0 Å². The first-order chi connectivity index (χ1) is 8.90. The van der Waals surface area contributed by atoms with Gasteiger partial charge < -0.3 is 9.47 Å². The van der Waals surface area contributed by atoms with Crippen LogP contribution in [0.1, 0.15) is 12.8 Å². The molecule has 1 aliphatic heterocycles. The molecule has 0 N–H and O–H groups in total. The van der Waals surface area contributed by atoms with Gasteiger partial charge in [0.05, 0.1) is 19.4 Å². The van der Waals surface area contributed by atoms with E-state index >= 15 is 0 Å². The van der Waals surface area contributed by atoms with E-state index in [2.05, 4.69) is 9.88 Å². The van der Waals surface area contributed by atoms with Crippen molar-refractivity contribution in [2.24, 2.45) is 5.92 Å². The van der Waals surface area contributed by atoms with Gasteiger partial charge in [0, 0.05) is 25.8 Å². The summed E-state index contributed by atoms with van der Waals surface area (Å²) >= 11 is 0. The normalized spacial score (nSPS) is 25.7. The Labute approximate surface area is 108 Å². The van der Waals surface area contributed by atoms with Crippen molar-refractivity contribution in [1.29, 1.82) is 0 Å². The molecule has 1 aromatic rings. The largest absolute Gasteiger partial charge is 0.485 e. The minimum atomic E-state index is 0.121. The summed E-state index contributed by atoms with van der Waals surface area (Å²) < 4.78 is 11.6. The quantitative estimate of drug-likeness (QED) is 0.810. The lowest BCUT2D eigenvalue weighted by Crippen LogP contribution is -2.37. The molecule has 1 aliphatic carbocycles. The second-order valence-corrected chi connectivity index (χ2v) is 5.21. The van der Waals surface area contributed by atoms with Gasteiger partial charge in [-0.1, -0.05) is 0 Å². The highest BCUT2D eigenvalue weighted by molar-refractivity contribution is 5.15. The van der Waals surface area contributed by atoms with Crippen LogP contribution in [0, 0.1) is 5.92 Å². The minimum absolute atomic E-state index is 0.121. The molecular weight excluding hydrogens is 228 g/mol. The van der Waals surface area contributed by atoms with Crippen molar-refractivity contribution in [3.63, 3.8) is 0 Å². The van der Waals surface area contributed by atoms with Gasteiger partial charge in [-0.25, -0.2) is 0 Å². The number of nitrogens with zero attached hydrogens (tertiary/aromatic N) is 2. The summed E-state index contributed by atoms with van der Waals surface area (Å²) in [5.74, 6) is 1.75. The highest BCUT2D eigenvalue weighted by Gasteiger charge is 2.27. The van der Waals surface area contributed by atoms with Crippen LogP contribution in [0.2, 0.25) is 0 Å². The Hall–Kier alpha value is -1.13. The fourth-order valence-corrected chi connectivity index (χ4v) is 2.35. The Balaban J connectivity index is 1.56. The molecule has 4 heteroatoms. The summed E-state index contributed by atoms with van der Waals surface area (Å²) in [4.78, 5) is 6.55. The lowest BCUT2D eigenvalue weighted by Gasteiger charge is -2.23. The number of hydrogen-bond acceptors (Lipinski definition) is 4. The summed E-state index contributed by atoms with van der Waals surface area (Å²) in [5, 5.41) is 0. The lowest BCUT2D eigenvalue weighted by molar-refractivity contribution is 0.0709. The molecule has 2 aliphatic rings. The van der Waals surface area contributed by atoms with E-state index < -0.39 is 0 Å². The van der Waals surface area contributed by atoms with E-state index in [4.69, 9.17) is 9.47 Å². The zero-order valence-corrected chi connectivity index (χ0v) is 10.6. The SMILES string of the molecule is c1cncc(O[C@H]2COCCN(CC3CC3)C2)c1. The molecule has 2 fully saturated rings. The summed E-state index contributed by atoms with van der Waals surface area (Å²) in [6.07, 6.45) is 6.43. The number of rotatable bonds is 4. The third kappa shape index (κ3) is 3.43. The standard InChI is InChI=1S/C14H20N2O2/c1-2-13(8-15-5-1)18-14-10-16(6-7-17-11-14)9-12-3-4-12/h1-2,5,8,12,14H,3-4,6-7,9-11H2/t14-/m1/s1. The predicted molar refractivity (Wildman–Crippen MR) is 68.6 cm³/mol. The van der Waals surface area contributed by atoms with Crippen molar-refractivity contribution in [2.45, 2.75) is 18.9 Å². The van der Waals surface area contributed by atoms with Gasteiger partial charge in [0.2, 0.25) is 0 Å².